The Morgan fingerprint density at radius 3 is 2.68 bits per heavy atom. The van der Waals surface area contributed by atoms with Crippen LogP contribution >= 0.6 is 22.9 Å². The maximum atomic E-state index is 14.1. The van der Waals surface area contributed by atoms with Gasteiger partial charge >= 0.3 is 12.0 Å². The van der Waals surface area contributed by atoms with E-state index in [0.29, 0.717) is 9.78 Å². The first-order valence-electron chi connectivity index (χ1n) is 7.63. The van der Waals surface area contributed by atoms with Gasteiger partial charge in [-0.3, -0.25) is 9.68 Å². The molecule has 0 fully saturated rings. The summed E-state index contributed by atoms with van der Waals surface area (Å²) in [5, 5.41) is 1.38. The van der Waals surface area contributed by atoms with E-state index in [4.69, 9.17) is 22.2 Å². The van der Waals surface area contributed by atoms with Gasteiger partial charge in [0.1, 0.15) is 12.4 Å². The van der Waals surface area contributed by atoms with Crippen molar-refractivity contribution >= 4 is 57.9 Å². The molecule has 2 aromatic rings. The number of nitrogens with zero attached hydrogens (tertiary/aromatic N) is 1. The molecule has 0 aliphatic carbocycles. The molecule has 11 heteroatoms. The highest BCUT2D eigenvalue weighted by Crippen LogP contribution is 2.43. The molecule has 2 heterocycles. The number of nitrogens with two attached hydrogens (primary N) is 1. The number of primary amides is 1. The van der Waals surface area contributed by atoms with E-state index < -0.39 is 30.3 Å². The molecule has 1 aliphatic rings. The van der Waals surface area contributed by atoms with E-state index in [9.17, 15) is 18.8 Å². The normalized spacial score (nSPS) is 14.7. The summed E-state index contributed by atoms with van der Waals surface area (Å²) in [4.78, 5) is 47.1. The van der Waals surface area contributed by atoms with Crippen molar-refractivity contribution in [1.29, 1.82) is 0 Å². The molecule has 1 aliphatic heterocycles. The van der Waals surface area contributed by atoms with Crippen LogP contribution in [-0.2, 0) is 24.1 Å². The first kappa shape index (κ1) is 19.8. The van der Waals surface area contributed by atoms with Crippen LogP contribution in [0.1, 0.15) is 10.4 Å². The summed E-state index contributed by atoms with van der Waals surface area (Å²) in [6, 6.07) is 4.23. The molecule has 0 saturated heterocycles. The van der Waals surface area contributed by atoms with Crippen molar-refractivity contribution in [3.63, 3.8) is 0 Å². The summed E-state index contributed by atoms with van der Waals surface area (Å²) in [7, 11) is 1.29. The molecule has 0 bridgehead atoms. The molecule has 1 aromatic heterocycles. The number of urea groups is 1. The maximum Gasteiger partial charge on any atom is 0.380 e. The van der Waals surface area contributed by atoms with E-state index >= 15 is 0 Å². The zero-order valence-corrected chi connectivity index (χ0v) is 15.8. The topological polar surface area (TPSA) is 108 Å². The Kier molecular flexibility index (Phi) is 5.63. The summed E-state index contributed by atoms with van der Waals surface area (Å²) in [6.45, 7) is -0.394. The highest BCUT2D eigenvalue weighted by atomic mass is 35.5. The van der Waals surface area contributed by atoms with E-state index in [1.54, 1.807) is 17.5 Å². The molecule has 0 atom stereocenters. The predicted molar refractivity (Wildman–Crippen MR) is 98.7 cm³/mol. The van der Waals surface area contributed by atoms with Crippen LogP contribution in [0.25, 0.3) is 11.3 Å². The van der Waals surface area contributed by atoms with Crippen LogP contribution in [0.2, 0.25) is 5.02 Å². The smallest absolute Gasteiger partial charge is 0.373 e. The number of carbonyl (C=O) groups is 3. The van der Waals surface area contributed by atoms with Gasteiger partial charge in [-0.2, -0.15) is 0 Å². The van der Waals surface area contributed by atoms with Crippen molar-refractivity contribution < 1.29 is 33.3 Å². The lowest BCUT2D eigenvalue weighted by atomic mass is 10.1. The Balaban J connectivity index is 2.19. The number of amides is 3. The number of hydrogen-bond donors (Lipinski definition) is 1. The van der Waals surface area contributed by atoms with Gasteiger partial charge in [0.05, 0.1) is 21.2 Å². The molecule has 0 unspecified atom stereocenters. The number of rotatable bonds is 5. The fourth-order valence-electron chi connectivity index (χ4n) is 2.54. The van der Waals surface area contributed by atoms with Crippen molar-refractivity contribution in [3.8, 4) is 0 Å². The van der Waals surface area contributed by atoms with Crippen molar-refractivity contribution in [2.24, 2.45) is 5.73 Å². The third-order valence-corrected chi connectivity index (χ3v) is 4.80. The lowest BCUT2D eigenvalue weighted by Crippen LogP contribution is -2.38. The number of benzene rings is 1. The van der Waals surface area contributed by atoms with Crippen LogP contribution < -0.4 is 10.6 Å². The number of methoxy groups -OCH3 is 1. The minimum Gasteiger partial charge on any atom is -0.373 e. The molecule has 146 valence electrons. The minimum absolute atomic E-state index is 0.0110. The Bertz CT molecular complexity index is 992. The van der Waals surface area contributed by atoms with Gasteiger partial charge in [-0.25, -0.2) is 23.8 Å². The fourth-order valence-corrected chi connectivity index (χ4v) is 3.40. The molecular weight excluding hydrogens is 415 g/mol. The molecule has 0 spiro atoms. The van der Waals surface area contributed by atoms with Gasteiger partial charge in [-0.15, -0.1) is 11.3 Å². The van der Waals surface area contributed by atoms with E-state index in [1.165, 1.54) is 7.11 Å². The van der Waals surface area contributed by atoms with Crippen molar-refractivity contribution in [3.05, 3.63) is 50.9 Å². The second kappa shape index (κ2) is 7.97. The molecule has 2 N–H and O–H groups in total. The van der Waals surface area contributed by atoms with Crippen LogP contribution in [0.5, 0.6) is 0 Å². The van der Waals surface area contributed by atoms with Gasteiger partial charge in [0.25, 0.3) is 5.91 Å². The molecule has 3 amide bonds. The van der Waals surface area contributed by atoms with Crippen LogP contribution in [0.4, 0.5) is 14.9 Å². The second-order valence-electron chi connectivity index (χ2n) is 5.42. The lowest BCUT2D eigenvalue weighted by molar-refractivity contribution is -0.232. The van der Waals surface area contributed by atoms with E-state index in [-0.39, 0.29) is 27.6 Å². The SMILES string of the molecule is COCC(=O)OOC(=C1C(=O)N(C(N)=O)c2cc(Cl)c(F)cc21)c1cccs1. The minimum atomic E-state index is -1.09. The highest BCUT2D eigenvalue weighted by Gasteiger charge is 2.40. The van der Waals surface area contributed by atoms with E-state index in [0.717, 1.165) is 23.5 Å². The van der Waals surface area contributed by atoms with Gasteiger partial charge in [-0.1, -0.05) is 17.7 Å². The predicted octanol–water partition coefficient (Wildman–Crippen LogP) is 2.96. The number of carbonyl (C=O) groups excluding carboxylic acids is 3. The third kappa shape index (κ3) is 3.57. The van der Waals surface area contributed by atoms with Crippen molar-refractivity contribution in [1.82, 2.24) is 0 Å². The number of fused-ring (bicyclic) bond motifs is 1. The molecular formula is C17H12ClFN2O6S. The number of anilines is 1. The molecule has 0 saturated carbocycles. The Hall–Kier alpha value is -2.95. The summed E-state index contributed by atoms with van der Waals surface area (Å²) >= 11 is 6.95. The van der Waals surface area contributed by atoms with Crippen LogP contribution in [-0.4, -0.2) is 31.6 Å². The zero-order chi connectivity index (χ0) is 20.4. The first-order chi connectivity index (χ1) is 13.3. The van der Waals surface area contributed by atoms with Crippen LogP contribution in [0, 0.1) is 5.82 Å². The number of halogens is 2. The maximum absolute atomic E-state index is 14.1. The molecule has 28 heavy (non-hydrogen) atoms. The first-order valence-corrected chi connectivity index (χ1v) is 8.88. The molecule has 8 nitrogen and oxygen atoms in total. The van der Waals surface area contributed by atoms with Crippen LogP contribution in [0.3, 0.4) is 0 Å². The number of hydrogen-bond acceptors (Lipinski definition) is 7. The molecule has 1 aromatic carbocycles. The van der Waals surface area contributed by atoms with E-state index in [1.807, 2.05) is 0 Å². The summed E-state index contributed by atoms with van der Waals surface area (Å²) in [6.07, 6.45) is 0. The lowest BCUT2D eigenvalue weighted by Gasteiger charge is -2.12. The fraction of sp³-hybridized carbons (Fsp3) is 0.118. The third-order valence-electron chi connectivity index (χ3n) is 3.64. The van der Waals surface area contributed by atoms with Crippen molar-refractivity contribution in [2.45, 2.75) is 0 Å². The zero-order valence-electron chi connectivity index (χ0n) is 14.2. The van der Waals surface area contributed by atoms with Crippen LogP contribution in [0.15, 0.2) is 29.6 Å². The van der Waals surface area contributed by atoms with Gasteiger partial charge in [0.2, 0.25) is 5.76 Å². The number of thiophene rings is 1. The number of imide groups is 1. The van der Waals surface area contributed by atoms with E-state index in [2.05, 4.69) is 9.62 Å². The second-order valence-corrected chi connectivity index (χ2v) is 6.77. The Morgan fingerprint density at radius 2 is 2.07 bits per heavy atom. The van der Waals surface area contributed by atoms with Gasteiger partial charge in [-0.05, 0) is 23.6 Å². The van der Waals surface area contributed by atoms with Crippen molar-refractivity contribution in [2.75, 3.05) is 18.6 Å². The Morgan fingerprint density at radius 1 is 1.32 bits per heavy atom. The number of ether oxygens (including phenoxy) is 1. The van der Waals surface area contributed by atoms with Gasteiger partial charge < -0.3 is 10.5 Å². The molecule has 3 rings (SSSR count). The average Bonchev–Trinajstić information content (AvgIpc) is 3.24. The Labute approximate surface area is 166 Å². The largest absolute Gasteiger partial charge is 0.380 e. The summed E-state index contributed by atoms with van der Waals surface area (Å²) < 4.78 is 18.7. The quantitative estimate of drug-likeness (QED) is 0.341. The standard InChI is InChI=1S/C17H12ClFN2O6S/c1-25-7-13(22)26-27-15(12-3-2-4-28-12)14-8-5-10(19)9(18)6-11(8)21(16(14)23)17(20)24/h2-6H,7H2,1H3,(H2,20,24). The van der Waals surface area contributed by atoms with Gasteiger partial charge in [0, 0.05) is 12.7 Å². The highest BCUT2D eigenvalue weighted by molar-refractivity contribution is 7.11. The van der Waals surface area contributed by atoms with Gasteiger partial charge in [0.15, 0.2) is 0 Å². The summed E-state index contributed by atoms with van der Waals surface area (Å²) in [5.74, 6) is -2.75. The summed E-state index contributed by atoms with van der Waals surface area (Å²) in [5.41, 5.74) is 5.09. The molecule has 0 radical (unpaired) electrons. The monoisotopic (exact) mass is 426 g/mol. The average molecular weight is 427 g/mol.